The second-order valence-corrected chi connectivity index (χ2v) is 7.68. The summed E-state index contributed by atoms with van der Waals surface area (Å²) in [5, 5.41) is 7.72. The van der Waals surface area contributed by atoms with Crippen LogP contribution in [0.1, 0.15) is 29.7 Å². The van der Waals surface area contributed by atoms with Gasteiger partial charge in [-0.05, 0) is 30.5 Å². The maximum atomic E-state index is 13.5. The lowest BCUT2D eigenvalue weighted by molar-refractivity contribution is -0.134. The number of benzene rings is 2. The average Bonchev–Trinajstić information content (AvgIpc) is 3.47. The number of carbonyl (C=O) groups excluding carboxylic acids is 1. The number of aromatic amines is 1. The highest BCUT2D eigenvalue weighted by Gasteiger charge is 2.53. The summed E-state index contributed by atoms with van der Waals surface area (Å²) in [5.74, 6) is 1.06. The molecule has 0 spiro atoms. The molecule has 1 saturated carbocycles. The molecule has 3 aromatic rings. The van der Waals surface area contributed by atoms with Gasteiger partial charge in [0, 0.05) is 36.3 Å². The molecule has 0 unspecified atom stereocenters. The zero-order valence-corrected chi connectivity index (χ0v) is 15.9. The molecule has 1 amide bonds. The minimum atomic E-state index is -0.361. The van der Waals surface area contributed by atoms with Gasteiger partial charge in [-0.2, -0.15) is 5.10 Å². The second-order valence-electron chi connectivity index (χ2n) is 7.68. The standard InChI is InChI=1S/C23H23N3O2/c1-28-18-9-7-17(8-10-18)23(12-13-23)22(27)26-14-11-20-19(15-26)21(25-24-20)16-5-3-2-4-6-16/h2-10H,11-15H2,1H3,(H,24,25). The first-order chi connectivity index (χ1) is 13.7. The minimum Gasteiger partial charge on any atom is -0.497 e. The predicted molar refractivity (Wildman–Crippen MR) is 107 cm³/mol. The van der Waals surface area contributed by atoms with Crippen molar-refractivity contribution in [1.29, 1.82) is 0 Å². The van der Waals surface area contributed by atoms with Gasteiger partial charge in [-0.15, -0.1) is 0 Å². The molecule has 5 rings (SSSR count). The number of methoxy groups -OCH3 is 1. The number of aromatic nitrogens is 2. The molecule has 28 heavy (non-hydrogen) atoms. The van der Waals surface area contributed by atoms with Crippen LogP contribution < -0.4 is 4.74 Å². The molecule has 5 nitrogen and oxygen atoms in total. The maximum absolute atomic E-state index is 13.5. The zero-order valence-electron chi connectivity index (χ0n) is 15.9. The molecule has 0 saturated heterocycles. The number of carbonyl (C=O) groups is 1. The van der Waals surface area contributed by atoms with E-state index in [-0.39, 0.29) is 11.3 Å². The largest absolute Gasteiger partial charge is 0.497 e. The highest BCUT2D eigenvalue weighted by atomic mass is 16.5. The third-order valence-corrected chi connectivity index (χ3v) is 6.07. The first-order valence-electron chi connectivity index (χ1n) is 9.77. The lowest BCUT2D eigenvalue weighted by Crippen LogP contribution is -2.42. The van der Waals surface area contributed by atoms with E-state index in [1.54, 1.807) is 7.11 Å². The smallest absolute Gasteiger partial charge is 0.233 e. The Balaban J connectivity index is 1.41. The van der Waals surface area contributed by atoms with Gasteiger partial charge >= 0.3 is 0 Å². The van der Waals surface area contributed by atoms with E-state index >= 15 is 0 Å². The molecule has 0 bridgehead atoms. The molecule has 2 heterocycles. The number of amides is 1. The molecule has 2 aromatic carbocycles. The number of hydrogen-bond donors (Lipinski definition) is 1. The Kier molecular flexibility index (Phi) is 3.97. The van der Waals surface area contributed by atoms with Crippen LogP contribution in [0.15, 0.2) is 54.6 Å². The molecule has 1 aliphatic carbocycles. The number of rotatable bonds is 4. The van der Waals surface area contributed by atoms with E-state index in [4.69, 9.17) is 4.74 Å². The fourth-order valence-electron chi connectivity index (χ4n) is 4.27. The van der Waals surface area contributed by atoms with Crippen LogP contribution in [0, 0.1) is 0 Å². The SMILES string of the molecule is COc1ccc(C2(C(=O)N3CCc4[nH]nc(-c5ccccc5)c4C3)CC2)cc1. The fraction of sp³-hybridized carbons (Fsp3) is 0.304. The monoisotopic (exact) mass is 373 g/mol. The normalized spacial score (nSPS) is 17.1. The van der Waals surface area contributed by atoms with Gasteiger partial charge in [0.1, 0.15) is 5.75 Å². The minimum absolute atomic E-state index is 0.239. The van der Waals surface area contributed by atoms with E-state index in [0.29, 0.717) is 6.54 Å². The first kappa shape index (κ1) is 17.0. The van der Waals surface area contributed by atoms with Gasteiger partial charge in [0.2, 0.25) is 5.91 Å². The van der Waals surface area contributed by atoms with Gasteiger partial charge in [0.15, 0.2) is 0 Å². The van der Waals surface area contributed by atoms with Crippen molar-refractivity contribution in [2.45, 2.75) is 31.2 Å². The molecule has 1 N–H and O–H groups in total. The van der Waals surface area contributed by atoms with Crippen LogP contribution in [-0.2, 0) is 23.2 Å². The van der Waals surface area contributed by atoms with E-state index in [2.05, 4.69) is 22.3 Å². The second kappa shape index (κ2) is 6.51. The van der Waals surface area contributed by atoms with Crippen LogP contribution >= 0.6 is 0 Å². The van der Waals surface area contributed by atoms with Gasteiger partial charge < -0.3 is 9.64 Å². The van der Waals surface area contributed by atoms with E-state index < -0.39 is 0 Å². The lowest BCUT2D eigenvalue weighted by atomic mass is 9.92. The molecule has 1 aromatic heterocycles. The first-order valence-corrected chi connectivity index (χ1v) is 9.77. The fourth-order valence-corrected chi connectivity index (χ4v) is 4.27. The van der Waals surface area contributed by atoms with Gasteiger partial charge in [-0.3, -0.25) is 9.89 Å². The van der Waals surface area contributed by atoms with Crippen LogP contribution in [0.3, 0.4) is 0 Å². The van der Waals surface area contributed by atoms with E-state index in [1.807, 2.05) is 47.4 Å². The van der Waals surface area contributed by atoms with Crippen molar-refractivity contribution in [1.82, 2.24) is 15.1 Å². The van der Waals surface area contributed by atoms with E-state index in [1.165, 1.54) is 0 Å². The summed E-state index contributed by atoms with van der Waals surface area (Å²) in [6.45, 7) is 1.35. The van der Waals surface area contributed by atoms with Crippen LogP contribution in [0.5, 0.6) is 5.75 Å². The molecule has 0 radical (unpaired) electrons. The molecular weight excluding hydrogens is 350 g/mol. The predicted octanol–water partition coefficient (Wildman–Crippen LogP) is 3.70. The number of H-pyrrole nitrogens is 1. The summed E-state index contributed by atoms with van der Waals surface area (Å²) in [6, 6.07) is 18.1. The Bertz CT molecular complexity index is 1000. The Morgan fingerprint density at radius 2 is 1.86 bits per heavy atom. The average molecular weight is 373 g/mol. The van der Waals surface area contributed by atoms with Crippen LogP contribution in [0.2, 0.25) is 0 Å². The molecule has 142 valence electrons. The van der Waals surface area contributed by atoms with Crippen LogP contribution in [0.25, 0.3) is 11.3 Å². The van der Waals surface area contributed by atoms with Crippen molar-refractivity contribution in [3.8, 4) is 17.0 Å². The summed E-state index contributed by atoms with van der Waals surface area (Å²) < 4.78 is 5.26. The highest BCUT2D eigenvalue weighted by Crippen LogP contribution is 2.50. The number of nitrogens with one attached hydrogen (secondary N) is 1. The number of ether oxygens (including phenoxy) is 1. The summed E-state index contributed by atoms with van der Waals surface area (Å²) in [5.41, 5.74) is 5.08. The van der Waals surface area contributed by atoms with Crippen LogP contribution in [-0.4, -0.2) is 34.7 Å². The van der Waals surface area contributed by atoms with Crippen molar-refractivity contribution < 1.29 is 9.53 Å². The van der Waals surface area contributed by atoms with Crippen molar-refractivity contribution in [2.75, 3.05) is 13.7 Å². The summed E-state index contributed by atoms with van der Waals surface area (Å²) >= 11 is 0. The zero-order chi connectivity index (χ0) is 19.1. The van der Waals surface area contributed by atoms with Gasteiger partial charge in [0.25, 0.3) is 0 Å². The van der Waals surface area contributed by atoms with Crippen molar-refractivity contribution in [3.05, 3.63) is 71.4 Å². The van der Waals surface area contributed by atoms with Gasteiger partial charge in [0.05, 0.1) is 18.2 Å². The Morgan fingerprint density at radius 1 is 1.11 bits per heavy atom. The van der Waals surface area contributed by atoms with Crippen molar-refractivity contribution >= 4 is 5.91 Å². The van der Waals surface area contributed by atoms with Gasteiger partial charge in [-0.1, -0.05) is 42.5 Å². The summed E-state index contributed by atoms with van der Waals surface area (Å²) in [4.78, 5) is 15.5. The Hall–Kier alpha value is -3.08. The van der Waals surface area contributed by atoms with Crippen LogP contribution in [0.4, 0.5) is 0 Å². The molecule has 1 aliphatic heterocycles. The number of hydrogen-bond acceptors (Lipinski definition) is 3. The molecule has 2 aliphatic rings. The summed E-state index contributed by atoms with van der Waals surface area (Å²) in [6.07, 6.45) is 2.65. The maximum Gasteiger partial charge on any atom is 0.233 e. The van der Waals surface area contributed by atoms with Crippen molar-refractivity contribution in [3.63, 3.8) is 0 Å². The molecule has 5 heteroatoms. The van der Waals surface area contributed by atoms with Gasteiger partial charge in [-0.25, -0.2) is 0 Å². The lowest BCUT2D eigenvalue weighted by Gasteiger charge is -2.31. The van der Waals surface area contributed by atoms with E-state index in [0.717, 1.165) is 59.6 Å². The summed E-state index contributed by atoms with van der Waals surface area (Å²) in [7, 11) is 1.66. The topological polar surface area (TPSA) is 58.2 Å². The third kappa shape index (κ3) is 2.70. The number of nitrogens with zero attached hydrogens (tertiary/aromatic N) is 2. The quantitative estimate of drug-likeness (QED) is 0.759. The number of fused-ring (bicyclic) bond motifs is 1. The highest BCUT2D eigenvalue weighted by molar-refractivity contribution is 5.91. The molecule has 0 atom stereocenters. The Morgan fingerprint density at radius 3 is 2.54 bits per heavy atom. The molecule has 1 fully saturated rings. The third-order valence-electron chi connectivity index (χ3n) is 6.07. The van der Waals surface area contributed by atoms with Crippen molar-refractivity contribution in [2.24, 2.45) is 0 Å². The Labute approximate surface area is 164 Å². The van der Waals surface area contributed by atoms with E-state index in [9.17, 15) is 4.79 Å². The molecular formula is C23H23N3O2.